The van der Waals surface area contributed by atoms with Crippen molar-refractivity contribution in [3.63, 3.8) is 0 Å². The highest BCUT2D eigenvalue weighted by atomic mass is 35.5. The third-order valence-electron chi connectivity index (χ3n) is 4.27. The standard InChI is InChI=1S/C16H25N3O4S.ClH/c1-3-12(2)15(17)16(20)18-13-5-4-6-14(11-13)24(21,22)19-7-9-23-10-8-19;/h4-6,11-12,15H,3,7-10,17H2,1-2H3,(H,18,20);1H. The van der Waals surface area contributed by atoms with Crippen molar-refractivity contribution in [3.8, 4) is 0 Å². The summed E-state index contributed by atoms with van der Waals surface area (Å²) in [6.07, 6.45) is 0.792. The second-order valence-corrected chi connectivity index (χ2v) is 7.88. The largest absolute Gasteiger partial charge is 0.379 e. The smallest absolute Gasteiger partial charge is 0.243 e. The third kappa shape index (κ3) is 5.39. The molecule has 1 heterocycles. The summed E-state index contributed by atoms with van der Waals surface area (Å²) in [5, 5.41) is 2.70. The van der Waals surface area contributed by atoms with Crippen LogP contribution >= 0.6 is 12.4 Å². The van der Waals surface area contributed by atoms with E-state index in [4.69, 9.17) is 10.5 Å². The molecule has 2 unspecified atom stereocenters. The summed E-state index contributed by atoms with van der Waals surface area (Å²) in [6, 6.07) is 5.62. The number of sulfonamides is 1. The Hall–Kier alpha value is -1.19. The van der Waals surface area contributed by atoms with Gasteiger partial charge in [-0.05, 0) is 24.1 Å². The number of hydrogen-bond donors (Lipinski definition) is 2. The molecule has 1 amide bonds. The Bertz CT molecular complexity index is 678. The van der Waals surface area contributed by atoms with E-state index in [0.717, 1.165) is 6.42 Å². The van der Waals surface area contributed by atoms with Gasteiger partial charge in [0.05, 0.1) is 24.2 Å². The van der Waals surface area contributed by atoms with Gasteiger partial charge in [0, 0.05) is 18.8 Å². The topological polar surface area (TPSA) is 102 Å². The summed E-state index contributed by atoms with van der Waals surface area (Å²) >= 11 is 0. The first-order chi connectivity index (χ1) is 11.4. The van der Waals surface area contributed by atoms with Crippen LogP contribution in [0, 0.1) is 5.92 Å². The molecule has 0 radical (unpaired) electrons. The van der Waals surface area contributed by atoms with Gasteiger partial charge in [0.25, 0.3) is 0 Å². The highest BCUT2D eigenvalue weighted by molar-refractivity contribution is 7.89. The first-order valence-electron chi connectivity index (χ1n) is 8.10. The van der Waals surface area contributed by atoms with Crippen molar-refractivity contribution < 1.29 is 17.9 Å². The lowest BCUT2D eigenvalue weighted by molar-refractivity contribution is -0.118. The van der Waals surface area contributed by atoms with E-state index in [-0.39, 0.29) is 29.1 Å². The van der Waals surface area contributed by atoms with Crippen molar-refractivity contribution in [2.24, 2.45) is 11.7 Å². The SMILES string of the molecule is CCC(C)C(N)C(=O)Nc1cccc(S(=O)(=O)N2CCOCC2)c1.Cl. The number of hydrogen-bond acceptors (Lipinski definition) is 5. The van der Waals surface area contributed by atoms with E-state index in [2.05, 4.69) is 5.32 Å². The van der Waals surface area contributed by atoms with Gasteiger partial charge in [0.1, 0.15) is 0 Å². The molecule has 2 rings (SSSR count). The number of amides is 1. The van der Waals surface area contributed by atoms with Crippen LogP contribution in [0.1, 0.15) is 20.3 Å². The summed E-state index contributed by atoms with van der Waals surface area (Å²) < 4.78 is 31.9. The second kappa shape index (κ2) is 9.49. The van der Waals surface area contributed by atoms with E-state index in [0.29, 0.717) is 32.0 Å². The van der Waals surface area contributed by atoms with E-state index in [1.54, 1.807) is 12.1 Å². The van der Waals surface area contributed by atoms with E-state index in [1.807, 2.05) is 13.8 Å². The van der Waals surface area contributed by atoms with Crippen LogP contribution in [0.25, 0.3) is 0 Å². The Morgan fingerprint density at radius 1 is 1.36 bits per heavy atom. The third-order valence-corrected chi connectivity index (χ3v) is 6.16. The Kier molecular flexibility index (Phi) is 8.30. The molecule has 1 fully saturated rings. The van der Waals surface area contributed by atoms with Gasteiger partial charge in [-0.1, -0.05) is 26.3 Å². The van der Waals surface area contributed by atoms with Crippen LogP contribution < -0.4 is 11.1 Å². The quantitative estimate of drug-likeness (QED) is 0.764. The van der Waals surface area contributed by atoms with Crippen LogP contribution in [-0.4, -0.2) is 51.0 Å². The monoisotopic (exact) mass is 391 g/mol. The Balaban J connectivity index is 0.00000312. The number of halogens is 1. The average Bonchev–Trinajstić information content (AvgIpc) is 2.61. The molecule has 7 nitrogen and oxygen atoms in total. The molecule has 1 aliphatic heterocycles. The lowest BCUT2D eigenvalue weighted by atomic mass is 9.99. The minimum Gasteiger partial charge on any atom is -0.379 e. The Labute approximate surface area is 155 Å². The van der Waals surface area contributed by atoms with Crippen molar-refractivity contribution in [3.05, 3.63) is 24.3 Å². The summed E-state index contributed by atoms with van der Waals surface area (Å²) in [4.78, 5) is 12.3. The second-order valence-electron chi connectivity index (χ2n) is 5.94. The summed E-state index contributed by atoms with van der Waals surface area (Å²) in [5.74, 6) is -0.268. The molecule has 0 aliphatic carbocycles. The van der Waals surface area contributed by atoms with Gasteiger partial charge >= 0.3 is 0 Å². The van der Waals surface area contributed by atoms with Crippen LogP contribution in [0.3, 0.4) is 0 Å². The highest BCUT2D eigenvalue weighted by Crippen LogP contribution is 2.21. The Morgan fingerprint density at radius 2 is 2.00 bits per heavy atom. The summed E-state index contributed by atoms with van der Waals surface area (Å²) in [6.45, 7) is 5.31. The summed E-state index contributed by atoms with van der Waals surface area (Å²) in [5.41, 5.74) is 6.33. The van der Waals surface area contributed by atoms with E-state index >= 15 is 0 Å². The number of ether oxygens (including phenoxy) is 1. The van der Waals surface area contributed by atoms with Gasteiger partial charge in [0.15, 0.2) is 0 Å². The zero-order valence-electron chi connectivity index (χ0n) is 14.5. The molecule has 0 saturated carbocycles. The van der Waals surface area contributed by atoms with Crippen LogP contribution in [0.5, 0.6) is 0 Å². The van der Waals surface area contributed by atoms with Gasteiger partial charge in [-0.15, -0.1) is 12.4 Å². The molecule has 142 valence electrons. The molecule has 1 aromatic rings. The predicted molar refractivity (Wildman–Crippen MR) is 99.3 cm³/mol. The fourth-order valence-corrected chi connectivity index (χ4v) is 3.86. The van der Waals surface area contributed by atoms with Crippen molar-refractivity contribution in [1.29, 1.82) is 0 Å². The number of morpholine rings is 1. The lowest BCUT2D eigenvalue weighted by Gasteiger charge is -2.26. The minimum atomic E-state index is -3.59. The van der Waals surface area contributed by atoms with Gasteiger partial charge in [0.2, 0.25) is 15.9 Å². The summed E-state index contributed by atoms with van der Waals surface area (Å²) in [7, 11) is -3.59. The van der Waals surface area contributed by atoms with Gasteiger partial charge < -0.3 is 15.8 Å². The fraction of sp³-hybridized carbons (Fsp3) is 0.562. The predicted octanol–water partition coefficient (Wildman–Crippen LogP) is 1.44. The van der Waals surface area contributed by atoms with Gasteiger partial charge in [-0.25, -0.2) is 8.42 Å². The molecule has 2 atom stereocenters. The van der Waals surface area contributed by atoms with Gasteiger partial charge in [-0.2, -0.15) is 4.31 Å². The zero-order chi connectivity index (χ0) is 17.7. The molecule has 1 saturated heterocycles. The molecular weight excluding hydrogens is 366 g/mol. The number of anilines is 1. The van der Waals surface area contributed by atoms with Crippen molar-refractivity contribution in [2.75, 3.05) is 31.6 Å². The number of nitrogens with zero attached hydrogens (tertiary/aromatic N) is 1. The molecule has 25 heavy (non-hydrogen) atoms. The highest BCUT2D eigenvalue weighted by Gasteiger charge is 2.27. The van der Waals surface area contributed by atoms with Crippen molar-refractivity contribution >= 4 is 34.0 Å². The molecule has 1 aliphatic rings. The molecule has 1 aromatic carbocycles. The number of carbonyl (C=O) groups is 1. The molecule has 9 heteroatoms. The number of nitrogens with one attached hydrogen (secondary N) is 1. The zero-order valence-corrected chi connectivity index (χ0v) is 16.1. The van der Waals surface area contributed by atoms with E-state index in [9.17, 15) is 13.2 Å². The molecule has 0 aromatic heterocycles. The van der Waals surface area contributed by atoms with Crippen molar-refractivity contribution in [1.82, 2.24) is 4.31 Å². The van der Waals surface area contributed by atoms with E-state index < -0.39 is 16.1 Å². The first-order valence-corrected chi connectivity index (χ1v) is 9.54. The molecule has 3 N–H and O–H groups in total. The van der Waals surface area contributed by atoms with Crippen LogP contribution in [0.2, 0.25) is 0 Å². The lowest BCUT2D eigenvalue weighted by Crippen LogP contribution is -2.41. The minimum absolute atomic E-state index is 0. The van der Waals surface area contributed by atoms with Crippen LogP contribution in [0.4, 0.5) is 5.69 Å². The first kappa shape index (κ1) is 21.9. The maximum Gasteiger partial charge on any atom is 0.243 e. The van der Waals surface area contributed by atoms with Crippen LogP contribution in [0.15, 0.2) is 29.2 Å². The number of benzene rings is 1. The van der Waals surface area contributed by atoms with Crippen molar-refractivity contribution in [2.45, 2.75) is 31.2 Å². The molecule has 0 bridgehead atoms. The fourth-order valence-electron chi connectivity index (χ4n) is 2.41. The molecular formula is C16H26ClN3O4S. The normalized spacial score (nSPS) is 18.0. The van der Waals surface area contributed by atoms with Gasteiger partial charge in [-0.3, -0.25) is 4.79 Å². The number of nitrogens with two attached hydrogens (primary N) is 1. The van der Waals surface area contributed by atoms with Crippen LogP contribution in [-0.2, 0) is 19.6 Å². The molecule has 0 spiro atoms. The Morgan fingerprint density at radius 3 is 2.60 bits per heavy atom. The van der Waals surface area contributed by atoms with E-state index in [1.165, 1.54) is 16.4 Å². The average molecular weight is 392 g/mol. The number of carbonyl (C=O) groups excluding carboxylic acids is 1. The maximum atomic E-state index is 12.6. The maximum absolute atomic E-state index is 12.6. The number of rotatable bonds is 6.